The molecule has 0 unspecified atom stereocenters. The Hall–Kier alpha value is -1.84. The molecule has 0 saturated carbocycles. The second kappa shape index (κ2) is 3.58. The van der Waals surface area contributed by atoms with Crippen molar-refractivity contribution in [2.24, 2.45) is 0 Å². The van der Waals surface area contributed by atoms with Crippen LogP contribution in [0, 0.1) is 12.7 Å². The molecular weight excluding hydrogens is 217 g/mol. The normalized spacial score (nSPS) is 14.0. The molecule has 2 N–H and O–H groups in total. The lowest BCUT2D eigenvalue weighted by Crippen LogP contribution is -2.04. The van der Waals surface area contributed by atoms with Crippen molar-refractivity contribution in [3.05, 3.63) is 40.8 Å². The Kier molecular flexibility index (Phi) is 2.18. The highest BCUT2D eigenvalue weighted by molar-refractivity contribution is 5.51. The number of nitrogens with zero attached hydrogens (tertiary/aromatic N) is 2. The zero-order valence-corrected chi connectivity index (χ0v) is 9.70. The Bertz CT molecular complexity index is 587. The van der Waals surface area contributed by atoms with Gasteiger partial charge in [-0.05, 0) is 49.9 Å². The Labute approximate surface area is 99.1 Å². The smallest absolute Gasteiger partial charge is 0.149 e. The van der Waals surface area contributed by atoms with E-state index in [4.69, 9.17) is 5.73 Å². The summed E-state index contributed by atoms with van der Waals surface area (Å²) in [4.78, 5) is 0. The highest BCUT2D eigenvalue weighted by atomic mass is 19.1. The van der Waals surface area contributed by atoms with Crippen LogP contribution in [-0.4, -0.2) is 9.78 Å². The molecule has 0 bridgehead atoms. The highest BCUT2D eigenvalue weighted by Gasteiger charge is 2.22. The molecule has 1 heterocycles. The average Bonchev–Trinajstić information content (AvgIpc) is 2.84. The van der Waals surface area contributed by atoms with Gasteiger partial charge in [-0.2, -0.15) is 5.10 Å². The van der Waals surface area contributed by atoms with Crippen molar-refractivity contribution in [1.82, 2.24) is 9.78 Å². The Morgan fingerprint density at radius 1 is 1.35 bits per heavy atom. The maximum Gasteiger partial charge on any atom is 0.149 e. The molecule has 0 saturated heterocycles. The minimum absolute atomic E-state index is 0.219. The summed E-state index contributed by atoms with van der Waals surface area (Å²) in [5, 5.41) is 4.36. The Morgan fingerprint density at radius 2 is 2.18 bits per heavy atom. The molecule has 3 rings (SSSR count). The molecule has 88 valence electrons. The van der Waals surface area contributed by atoms with Crippen LogP contribution in [0.4, 0.5) is 10.2 Å². The topological polar surface area (TPSA) is 43.8 Å². The number of benzene rings is 1. The van der Waals surface area contributed by atoms with Crippen molar-refractivity contribution in [1.29, 1.82) is 0 Å². The van der Waals surface area contributed by atoms with Gasteiger partial charge in [0, 0.05) is 11.3 Å². The first-order chi connectivity index (χ1) is 8.16. The zero-order chi connectivity index (χ0) is 12.0. The summed E-state index contributed by atoms with van der Waals surface area (Å²) in [6.45, 7) is 1.89. The summed E-state index contributed by atoms with van der Waals surface area (Å²) < 4.78 is 15.0. The molecule has 1 aromatic carbocycles. The predicted octanol–water partition coefficient (Wildman–Crippen LogP) is 2.39. The van der Waals surface area contributed by atoms with Crippen LogP contribution in [0.3, 0.4) is 0 Å². The van der Waals surface area contributed by atoms with E-state index in [1.54, 1.807) is 6.07 Å². The van der Waals surface area contributed by atoms with Crippen LogP contribution < -0.4 is 5.73 Å². The molecule has 0 amide bonds. The minimum atomic E-state index is -0.219. The monoisotopic (exact) mass is 231 g/mol. The summed E-state index contributed by atoms with van der Waals surface area (Å²) in [6.07, 6.45) is 3.12. The molecule has 3 nitrogen and oxygen atoms in total. The number of hydrogen-bond donors (Lipinski definition) is 1. The fraction of sp³-hybridized carbons (Fsp3) is 0.308. The summed E-state index contributed by atoms with van der Waals surface area (Å²) in [6, 6.07) is 4.74. The van der Waals surface area contributed by atoms with Gasteiger partial charge in [0.2, 0.25) is 0 Å². The van der Waals surface area contributed by atoms with E-state index in [0.29, 0.717) is 5.82 Å². The summed E-state index contributed by atoms with van der Waals surface area (Å²) in [5.41, 5.74) is 10.0. The third kappa shape index (κ3) is 1.52. The van der Waals surface area contributed by atoms with Gasteiger partial charge in [-0.3, -0.25) is 0 Å². The van der Waals surface area contributed by atoms with Crippen LogP contribution >= 0.6 is 0 Å². The number of nitrogen functional groups attached to an aromatic ring is 1. The molecule has 1 aliphatic rings. The van der Waals surface area contributed by atoms with E-state index in [0.717, 1.165) is 36.1 Å². The minimum Gasteiger partial charge on any atom is -0.382 e. The van der Waals surface area contributed by atoms with Crippen molar-refractivity contribution in [2.75, 3.05) is 5.73 Å². The highest BCUT2D eigenvalue weighted by Crippen LogP contribution is 2.29. The van der Waals surface area contributed by atoms with Crippen molar-refractivity contribution in [3.8, 4) is 5.69 Å². The van der Waals surface area contributed by atoms with Crippen molar-refractivity contribution in [2.45, 2.75) is 26.2 Å². The molecule has 0 fully saturated rings. The van der Waals surface area contributed by atoms with Crippen molar-refractivity contribution < 1.29 is 4.39 Å². The largest absolute Gasteiger partial charge is 0.382 e. The summed E-state index contributed by atoms with van der Waals surface area (Å²) in [5.74, 6) is 0.393. The number of anilines is 1. The molecule has 1 aliphatic carbocycles. The fourth-order valence-corrected chi connectivity index (χ4v) is 2.52. The van der Waals surface area contributed by atoms with Crippen LogP contribution in [0.15, 0.2) is 18.2 Å². The molecule has 0 atom stereocenters. The second-order valence-corrected chi connectivity index (χ2v) is 4.51. The van der Waals surface area contributed by atoms with Gasteiger partial charge in [0.1, 0.15) is 11.6 Å². The first kappa shape index (κ1) is 10.3. The number of aromatic nitrogens is 2. The molecule has 4 heteroatoms. The van der Waals surface area contributed by atoms with Crippen LogP contribution in [0.1, 0.15) is 23.2 Å². The van der Waals surface area contributed by atoms with Crippen LogP contribution in [-0.2, 0) is 12.8 Å². The van der Waals surface area contributed by atoms with Gasteiger partial charge in [0.05, 0.1) is 5.69 Å². The number of nitrogens with two attached hydrogens (primary N) is 1. The van der Waals surface area contributed by atoms with Gasteiger partial charge in [0.25, 0.3) is 0 Å². The molecule has 0 radical (unpaired) electrons. The van der Waals surface area contributed by atoms with Gasteiger partial charge >= 0.3 is 0 Å². The second-order valence-electron chi connectivity index (χ2n) is 4.51. The number of fused-ring (bicyclic) bond motifs is 1. The van der Waals surface area contributed by atoms with Gasteiger partial charge in [-0.1, -0.05) is 0 Å². The lowest BCUT2D eigenvalue weighted by Gasteiger charge is -2.08. The first-order valence-electron chi connectivity index (χ1n) is 5.79. The molecular formula is C13H14FN3. The van der Waals surface area contributed by atoms with Crippen LogP contribution in [0.5, 0.6) is 0 Å². The number of rotatable bonds is 1. The summed E-state index contributed by atoms with van der Waals surface area (Å²) in [7, 11) is 0. The quantitative estimate of drug-likeness (QED) is 0.819. The van der Waals surface area contributed by atoms with E-state index in [2.05, 4.69) is 5.10 Å². The van der Waals surface area contributed by atoms with E-state index in [1.165, 1.54) is 17.8 Å². The summed E-state index contributed by atoms with van der Waals surface area (Å²) >= 11 is 0. The van der Waals surface area contributed by atoms with Crippen LogP contribution in [0.25, 0.3) is 5.69 Å². The van der Waals surface area contributed by atoms with Gasteiger partial charge in [0.15, 0.2) is 0 Å². The molecule has 17 heavy (non-hydrogen) atoms. The first-order valence-corrected chi connectivity index (χ1v) is 5.79. The molecule has 0 spiro atoms. The van der Waals surface area contributed by atoms with E-state index >= 15 is 0 Å². The fourth-order valence-electron chi connectivity index (χ4n) is 2.52. The van der Waals surface area contributed by atoms with Gasteiger partial charge in [-0.15, -0.1) is 0 Å². The van der Waals surface area contributed by atoms with Gasteiger partial charge < -0.3 is 5.73 Å². The lowest BCUT2D eigenvalue weighted by molar-refractivity contribution is 0.625. The van der Waals surface area contributed by atoms with Crippen molar-refractivity contribution in [3.63, 3.8) is 0 Å². The molecule has 2 aromatic rings. The molecule has 0 aliphatic heterocycles. The van der Waals surface area contributed by atoms with Gasteiger partial charge in [-0.25, -0.2) is 9.07 Å². The predicted molar refractivity (Wildman–Crippen MR) is 64.7 cm³/mol. The van der Waals surface area contributed by atoms with E-state index in [9.17, 15) is 4.39 Å². The van der Waals surface area contributed by atoms with Crippen molar-refractivity contribution >= 4 is 5.82 Å². The van der Waals surface area contributed by atoms with E-state index in [1.807, 2.05) is 11.6 Å². The maximum absolute atomic E-state index is 13.1. The van der Waals surface area contributed by atoms with Crippen LogP contribution in [0.2, 0.25) is 0 Å². The Balaban J connectivity index is 2.19. The Morgan fingerprint density at radius 3 is 2.94 bits per heavy atom. The average molecular weight is 231 g/mol. The third-order valence-corrected chi connectivity index (χ3v) is 3.35. The zero-order valence-electron chi connectivity index (χ0n) is 9.70. The third-order valence-electron chi connectivity index (χ3n) is 3.35. The lowest BCUT2D eigenvalue weighted by atomic mass is 10.2. The maximum atomic E-state index is 13.1. The van der Waals surface area contributed by atoms with E-state index in [-0.39, 0.29) is 5.82 Å². The number of aryl methyl sites for hydroxylation is 1. The molecule has 1 aromatic heterocycles. The standard InChI is InChI=1S/C13H14FN3/c1-8-7-9(14)5-6-11(8)17-12-4-2-3-10(12)13(15)16-17/h5-7H,2-4H2,1H3,(H2,15,16). The number of halogens is 1. The SMILES string of the molecule is Cc1cc(F)ccc1-n1nc(N)c2c1CCC2. The van der Waals surface area contributed by atoms with E-state index < -0.39 is 0 Å². The number of hydrogen-bond acceptors (Lipinski definition) is 2.